The molecule has 0 unspecified atom stereocenters. The first kappa shape index (κ1) is 12.1. The zero-order valence-electron chi connectivity index (χ0n) is 10.8. The molecule has 92 valence electrons. The number of hydrogen-bond donors (Lipinski definition) is 1. The molecule has 2 aromatic rings. The molecule has 1 aromatic carbocycles. The molecule has 0 radical (unpaired) electrons. The molecule has 0 bridgehead atoms. The molecule has 0 spiro atoms. The highest BCUT2D eigenvalue weighted by molar-refractivity contribution is 5.78. The second kappa shape index (κ2) is 4.88. The minimum atomic E-state index is 0.230. The van der Waals surface area contributed by atoms with E-state index in [9.17, 15) is 0 Å². The van der Waals surface area contributed by atoms with Crippen molar-refractivity contribution in [2.24, 2.45) is 0 Å². The highest BCUT2D eigenvalue weighted by atomic mass is 16.3. The summed E-state index contributed by atoms with van der Waals surface area (Å²) in [4.78, 5) is 4.67. The summed E-state index contributed by atoms with van der Waals surface area (Å²) in [6, 6.07) is 4.35. The average Bonchev–Trinajstić information content (AvgIpc) is 2.64. The van der Waals surface area contributed by atoms with E-state index in [2.05, 4.69) is 42.5 Å². The van der Waals surface area contributed by atoms with Gasteiger partial charge in [-0.05, 0) is 43.5 Å². The van der Waals surface area contributed by atoms with Crippen molar-refractivity contribution in [2.75, 3.05) is 6.61 Å². The van der Waals surface area contributed by atoms with Gasteiger partial charge in [-0.25, -0.2) is 4.98 Å². The number of aromatic nitrogens is 2. The van der Waals surface area contributed by atoms with Crippen molar-refractivity contribution in [3.05, 3.63) is 29.1 Å². The van der Waals surface area contributed by atoms with E-state index in [-0.39, 0.29) is 6.61 Å². The molecule has 0 atom stereocenters. The Labute approximate surface area is 102 Å². The summed E-state index contributed by atoms with van der Waals surface area (Å²) in [6.07, 6.45) is 1.71. The number of fused-ring (bicyclic) bond motifs is 1. The molecule has 2 rings (SSSR count). The van der Waals surface area contributed by atoms with Gasteiger partial charge < -0.3 is 9.67 Å². The maximum absolute atomic E-state index is 8.97. The summed E-state index contributed by atoms with van der Waals surface area (Å²) in [5.74, 6) is 1.11. The standard InChI is InChI=1S/C14H20N2O/c1-4-14-15-12-8-10(2)11(3)9-13(12)16(14)6-5-7-17/h8-9,17H,4-7H2,1-3H3. The molecule has 3 heteroatoms. The van der Waals surface area contributed by atoms with Gasteiger partial charge in [0.05, 0.1) is 11.0 Å². The zero-order valence-corrected chi connectivity index (χ0v) is 10.8. The van der Waals surface area contributed by atoms with Crippen molar-refractivity contribution in [1.29, 1.82) is 0 Å². The van der Waals surface area contributed by atoms with Crippen LogP contribution in [0.4, 0.5) is 0 Å². The first-order valence-electron chi connectivity index (χ1n) is 6.24. The van der Waals surface area contributed by atoms with E-state index < -0.39 is 0 Å². The lowest BCUT2D eigenvalue weighted by Gasteiger charge is -2.07. The smallest absolute Gasteiger partial charge is 0.109 e. The topological polar surface area (TPSA) is 38.0 Å². The highest BCUT2D eigenvalue weighted by Gasteiger charge is 2.10. The largest absolute Gasteiger partial charge is 0.396 e. The summed E-state index contributed by atoms with van der Waals surface area (Å²) in [7, 11) is 0. The number of rotatable bonds is 4. The summed E-state index contributed by atoms with van der Waals surface area (Å²) < 4.78 is 2.23. The number of imidazole rings is 1. The van der Waals surface area contributed by atoms with Crippen molar-refractivity contribution in [3.8, 4) is 0 Å². The Morgan fingerprint density at radius 3 is 2.59 bits per heavy atom. The van der Waals surface area contributed by atoms with Gasteiger partial charge in [0.2, 0.25) is 0 Å². The van der Waals surface area contributed by atoms with Crippen LogP contribution in [0.5, 0.6) is 0 Å². The Kier molecular flexibility index (Phi) is 3.48. The van der Waals surface area contributed by atoms with Gasteiger partial charge in [-0.1, -0.05) is 6.92 Å². The van der Waals surface area contributed by atoms with E-state index in [1.54, 1.807) is 0 Å². The van der Waals surface area contributed by atoms with Crippen LogP contribution in [0.2, 0.25) is 0 Å². The second-order valence-electron chi connectivity index (χ2n) is 4.54. The lowest BCUT2D eigenvalue weighted by Crippen LogP contribution is -2.04. The Bertz CT molecular complexity index is 528. The van der Waals surface area contributed by atoms with Crippen molar-refractivity contribution in [2.45, 2.75) is 40.2 Å². The van der Waals surface area contributed by atoms with Crippen LogP contribution in [-0.2, 0) is 13.0 Å². The monoisotopic (exact) mass is 232 g/mol. The van der Waals surface area contributed by atoms with Gasteiger partial charge in [0.15, 0.2) is 0 Å². The second-order valence-corrected chi connectivity index (χ2v) is 4.54. The lowest BCUT2D eigenvalue weighted by atomic mass is 10.1. The fourth-order valence-corrected chi connectivity index (χ4v) is 2.18. The van der Waals surface area contributed by atoms with Crippen molar-refractivity contribution in [3.63, 3.8) is 0 Å². The maximum Gasteiger partial charge on any atom is 0.109 e. The molecule has 17 heavy (non-hydrogen) atoms. The van der Waals surface area contributed by atoms with E-state index in [4.69, 9.17) is 5.11 Å². The third-order valence-corrected chi connectivity index (χ3v) is 3.30. The van der Waals surface area contributed by atoms with Gasteiger partial charge in [0.1, 0.15) is 5.82 Å². The number of aliphatic hydroxyl groups excluding tert-OH is 1. The molecule has 0 saturated carbocycles. The predicted octanol–water partition coefficient (Wildman–Crippen LogP) is 2.60. The Morgan fingerprint density at radius 1 is 1.24 bits per heavy atom. The van der Waals surface area contributed by atoms with Crippen molar-refractivity contribution < 1.29 is 5.11 Å². The van der Waals surface area contributed by atoms with Crippen molar-refractivity contribution >= 4 is 11.0 Å². The third-order valence-electron chi connectivity index (χ3n) is 3.30. The van der Waals surface area contributed by atoms with Crippen molar-refractivity contribution in [1.82, 2.24) is 9.55 Å². The molecular weight excluding hydrogens is 212 g/mol. The van der Waals surface area contributed by atoms with E-state index in [0.717, 1.165) is 30.7 Å². The van der Waals surface area contributed by atoms with Gasteiger partial charge in [-0.2, -0.15) is 0 Å². The molecule has 0 aliphatic heterocycles. The van der Waals surface area contributed by atoms with Crippen LogP contribution in [0.15, 0.2) is 12.1 Å². The highest BCUT2D eigenvalue weighted by Crippen LogP contribution is 2.21. The summed E-state index contributed by atoms with van der Waals surface area (Å²) in [6.45, 7) is 7.44. The van der Waals surface area contributed by atoms with Gasteiger partial charge >= 0.3 is 0 Å². The normalized spacial score (nSPS) is 11.3. The molecule has 0 saturated heterocycles. The van der Waals surface area contributed by atoms with E-state index in [0.29, 0.717) is 0 Å². The predicted molar refractivity (Wildman–Crippen MR) is 70.3 cm³/mol. The molecule has 0 aliphatic rings. The molecule has 1 aromatic heterocycles. The Balaban J connectivity index is 2.57. The van der Waals surface area contributed by atoms with Gasteiger partial charge in [-0.3, -0.25) is 0 Å². The van der Waals surface area contributed by atoms with Gasteiger partial charge in [0.25, 0.3) is 0 Å². The first-order chi connectivity index (χ1) is 8.17. The van der Waals surface area contributed by atoms with Crippen LogP contribution in [0, 0.1) is 13.8 Å². The minimum Gasteiger partial charge on any atom is -0.396 e. The maximum atomic E-state index is 8.97. The first-order valence-corrected chi connectivity index (χ1v) is 6.24. The SMILES string of the molecule is CCc1nc2cc(C)c(C)cc2n1CCCO. The summed E-state index contributed by atoms with van der Waals surface area (Å²) in [5, 5.41) is 8.97. The van der Waals surface area contributed by atoms with Crippen LogP contribution in [0.1, 0.15) is 30.3 Å². The minimum absolute atomic E-state index is 0.230. The summed E-state index contributed by atoms with van der Waals surface area (Å²) >= 11 is 0. The van der Waals surface area contributed by atoms with E-state index in [1.165, 1.54) is 16.6 Å². The fraction of sp³-hybridized carbons (Fsp3) is 0.500. The Morgan fingerprint density at radius 2 is 1.94 bits per heavy atom. The van der Waals surface area contributed by atoms with Crippen LogP contribution in [0.25, 0.3) is 11.0 Å². The number of aryl methyl sites for hydroxylation is 4. The van der Waals surface area contributed by atoms with E-state index >= 15 is 0 Å². The summed E-state index contributed by atoms with van der Waals surface area (Å²) in [5.41, 5.74) is 4.85. The van der Waals surface area contributed by atoms with Gasteiger partial charge in [-0.15, -0.1) is 0 Å². The number of aliphatic hydroxyl groups is 1. The van der Waals surface area contributed by atoms with Crippen LogP contribution < -0.4 is 0 Å². The average molecular weight is 232 g/mol. The Hall–Kier alpha value is -1.35. The van der Waals surface area contributed by atoms with E-state index in [1.807, 2.05) is 0 Å². The molecule has 3 nitrogen and oxygen atoms in total. The van der Waals surface area contributed by atoms with Crippen LogP contribution in [-0.4, -0.2) is 21.3 Å². The number of nitrogens with zero attached hydrogens (tertiary/aromatic N) is 2. The van der Waals surface area contributed by atoms with Gasteiger partial charge in [0, 0.05) is 19.6 Å². The molecule has 0 aliphatic carbocycles. The lowest BCUT2D eigenvalue weighted by molar-refractivity contribution is 0.280. The third kappa shape index (κ3) is 2.20. The molecule has 0 amide bonds. The molecule has 1 heterocycles. The fourth-order valence-electron chi connectivity index (χ4n) is 2.18. The zero-order chi connectivity index (χ0) is 12.4. The quantitative estimate of drug-likeness (QED) is 0.880. The molecular formula is C14H20N2O. The number of benzene rings is 1. The van der Waals surface area contributed by atoms with Crippen LogP contribution in [0.3, 0.4) is 0 Å². The number of hydrogen-bond acceptors (Lipinski definition) is 2. The molecule has 0 fully saturated rings. The van der Waals surface area contributed by atoms with Crippen LogP contribution >= 0.6 is 0 Å². The molecule has 1 N–H and O–H groups in total.